The number of nitrogens with zero attached hydrogens (tertiary/aromatic N) is 2. The molecule has 10 heteroatoms. The third-order valence-corrected chi connectivity index (χ3v) is 6.76. The van der Waals surface area contributed by atoms with Gasteiger partial charge in [0.1, 0.15) is 11.6 Å². The van der Waals surface area contributed by atoms with Gasteiger partial charge in [0, 0.05) is 12.1 Å². The Morgan fingerprint density at radius 3 is 2.70 bits per heavy atom. The van der Waals surface area contributed by atoms with Crippen molar-refractivity contribution in [1.29, 1.82) is 0 Å². The molecule has 2 heterocycles. The second-order valence-corrected chi connectivity index (χ2v) is 9.61. The predicted octanol–water partition coefficient (Wildman–Crippen LogP) is 3.48. The molecule has 0 saturated heterocycles. The fraction of sp³-hybridized carbons (Fsp3) is 0.200. The number of nitrogens with two attached hydrogens (primary N) is 1. The van der Waals surface area contributed by atoms with E-state index in [4.69, 9.17) is 10.7 Å². The Morgan fingerprint density at radius 1 is 1.07 bits per heavy atom. The van der Waals surface area contributed by atoms with E-state index in [1.807, 2.05) is 18.2 Å². The molecule has 40 heavy (non-hydrogen) atoms. The third kappa shape index (κ3) is 5.90. The molecule has 1 atom stereocenters. The van der Waals surface area contributed by atoms with Crippen molar-refractivity contribution < 1.29 is 23.2 Å². The number of carbonyl (C=O) groups is 3. The topological polar surface area (TPSA) is 117 Å². The Bertz CT molecular complexity index is 1550. The minimum Gasteiger partial charge on any atom is -0.366 e. The molecule has 0 saturated carbocycles. The number of amides is 3. The molecular formula is C30H27F2N5O3. The van der Waals surface area contributed by atoms with E-state index in [9.17, 15) is 23.2 Å². The maximum Gasteiger partial charge on any atom is 0.251 e. The molecule has 3 aromatic carbocycles. The first kappa shape index (κ1) is 26.7. The highest BCUT2D eigenvalue weighted by atomic mass is 19.1. The van der Waals surface area contributed by atoms with Crippen LogP contribution in [0.1, 0.15) is 27.9 Å². The van der Waals surface area contributed by atoms with Crippen molar-refractivity contribution in [2.24, 2.45) is 10.7 Å². The van der Waals surface area contributed by atoms with Crippen LogP contribution in [0.2, 0.25) is 0 Å². The summed E-state index contributed by atoms with van der Waals surface area (Å²) in [6, 6.07) is 16.7. The van der Waals surface area contributed by atoms with Crippen LogP contribution < -0.4 is 21.3 Å². The number of nitrogens with one attached hydrogen (secondary N) is 2. The summed E-state index contributed by atoms with van der Waals surface area (Å²) in [5, 5.41) is 5.82. The second-order valence-electron chi connectivity index (χ2n) is 9.61. The molecule has 0 aliphatic carbocycles. The van der Waals surface area contributed by atoms with Gasteiger partial charge in [-0.15, -0.1) is 0 Å². The molecule has 3 aromatic rings. The van der Waals surface area contributed by atoms with Crippen LogP contribution in [0.5, 0.6) is 0 Å². The number of halogens is 2. The Hall–Kier alpha value is -4.86. The Morgan fingerprint density at radius 2 is 1.90 bits per heavy atom. The number of aliphatic imine (C=N–C) groups is 1. The van der Waals surface area contributed by atoms with E-state index in [2.05, 4.69) is 10.6 Å². The fourth-order valence-electron chi connectivity index (χ4n) is 5.00. The molecule has 2 aliphatic rings. The summed E-state index contributed by atoms with van der Waals surface area (Å²) in [5.74, 6) is -2.64. The Kier molecular flexibility index (Phi) is 7.68. The molecule has 8 nitrogen and oxygen atoms in total. The number of hydrogen-bond acceptors (Lipinski definition) is 5. The van der Waals surface area contributed by atoms with Gasteiger partial charge < -0.3 is 21.3 Å². The average molecular weight is 544 g/mol. The lowest BCUT2D eigenvalue weighted by atomic mass is 9.89. The summed E-state index contributed by atoms with van der Waals surface area (Å²) < 4.78 is 28.3. The van der Waals surface area contributed by atoms with Crippen molar-refractivity contribution in [3.63, 3.8) is 0 Å². The van der Waals surface area contributed by atoms with Crippen molar-refractivity contribution in [1.82, 2.24) is 5.32 Å². The maximum atomic E-state index is 14.2. The molecule has 204 valence electrons. The SMILES string of the molecule is NC(=O)c1cc(C2=CCCN=C2[C@H](Cc2cccc(F)c2)NC(=O)CN2CC(=O)Nc3ccccc32)ccc1F. The highest BCUT2D eigenvalue weighted by Crippen LogP contribution is 2.29. The molecule has 0 aromatic heterocycles. The van der Waals surface area contributed by atoms with Gasteiger partial charge in [0.25, 0.3) is 5.91 Å². The minimum atomic E-state index is -0.898. The normalized spacial score (nSPS) is 15.3. The van der Waals surface area contributed by atoms with Crippen LogP contribution in [-0.2, 0) is 16.0 Å². The van der Waals surface area contributed by atoms with Crippen LogP contribution in [0.3, 0.4) is 0 Å². The zero-order valence-corrected chi connectivity index (χ0v) is 21.5. The molecule has 0 radical (unpaired) electrons. The first-order valence-electron chi connectivity index (χ1n) is 12.8. The summed E-state index contributed by atoms with van der Waals surface area (Å²) in [7, 11) is 0. The number of benzene rings is 3. The van der Waals surface area contributed by atoms with Crippen molar-refractivity contribution in [3.05, 3.63) is 101 Å². The van der Waals surface area contributed by atoms with E-state index in [-0.39, 0.29) is 36.9 Å². The standard InChI is InChI=1S/C30H27F2N5O3/c31-20-6-3-5-18(13-20)14-25(36-28(39)17-37-16-27(38)35-24-8-1-2-9-26(24)37)29-21(7-4-12-34-29)19-10-11-23(32)22(15-19)30(33)40/h1-3,5-11,13,15,25H,4,12,14,16-17H2,(H2,33,40)(H,35,38)(H,36,39)/t25-/m0/s1. The summed E-state index contributed by atoms with van der Waals surface area (Å²) in [6.45, 7) is 0.368. The lowest BCUT2D eigenvalue weighted by molar-refractivity contribution is -0.120. The lowest BCUT2D eigenvalue weighted by Gasteiger charge is -2.31. The van der Waals surface area contributed by atoms with Gasteiger partial charge in [-0.1, -0.05) is 36.4 Å². The van der Waals surface area contributed by atoms with E-state index in [0.717, 1.165) is 5.69 Å². The second kappa shape index (κ2) is 11.5. The molecule has 2 aliphatic heterocycles. The number of carbonyl (C=O) groups excluding carboxylic acids is 3. The number of dihydropyridines is 1. The Labute approximate surface area is 229 Å². The van der Waals surface area contributed by atoms with Gasteiger partial charge in [0.05, 0.1) is 41.8 Å². The van der Waals surface area contributed by atoms with Gasteiger partial charge >= 0.3 is 0 Å². The molecule has 0 fully saturated rings. The fourth-order valence-corrected chi connectivity index (χ4v) is 5.00. The van der Waals surface area contributed by atoms with Gasteiger partial charge in [-0.25, -0.2) is 8.78 Å². The zero-order chi connectivity index (χ0) is 28.2. The number of rotatable bonds is 8. The van der Waals surface area contributed by atoms with Crippen molar-refractivity contribution in [3.8, 4) is 0 Å². The van der Waals surface area contributed by atoms with E-state index in [1.165, 1.54) is 30.3 Å². The molecular weight excluding hydrogens is 516 g/mol. The maximum absolute atomic E-state index is 14.2. The number of anilines is 2. The van der Waals surface area contributed by atoms with Gasteiger partial charge in [0.15, 0.2) is 0 Å². The number of primary amides is 1. The summed E-state index contributed by atoms with van der Waals surface area (Å²) in [5.41, 5.74) is 8.75. The molecule has 0 spiro atoms. The largest absolute Gasteiger partial charge is 0.366 e. The average Bonchev–Trinajstić information content (AvgIpc) is 2.93. The molecule has 4 N–H and O–H groups in total. The molecule has 0 unspecified atom stereocenters. The molecule has 5 rings (SSSR count). The Balaban J connectivity index is 1.45. The summed E-state index contributed by atoms with van der Waals surface area (Å²) in [4.78, 5) is 43.9. The van der Waals surface area contributed by atoms with Gasteiger partial charge in [-0.2, -0.15) is 0 Å². The number of fused-ring (bicyclic) bond motifs is 1. The van der Waals surface area contributed by atoms with Crippen molar-refractivity contribution >= 4 is 40.4 Å². The number of hydrogen-bond donors (Lipinski definition) is 3. The van der Waals surface area contributed by atoms with Crippen LogP contribution in [0.4, 0.5) is 20.2 Å². The van der Waals surface area contributed by atoms with E-state index in [1.54, 1.807) is 29.2 Å². The molecule has 0 bridgehead atoms. The van der Waals surface area contributed by atoms with Crippen LogP contribution in [-0.4, -0.2) is 49.1 Å². The quantitative estimate of drug-likeness (QED) is 0.403. The first-order valence-corrected chi connectivity index (χ1v) is 12.8. The molecule has 3 amide bonds. The van der Waals surface area contributed by atoms with Crippen LogP contribution in [0.25, 0.3) is 5.57 Å². The minimum absolute atomic E-state index is 0.0105. The third-order valence-electron chi connectivity index (χ3n) is 6.76. The summed E-state index contributed by atoms with van der Waals surface area (Å²) >= 11 is 0. The monoisotopic (exact) mass is 543 g/mol. The van der Waals surface area contributed by atoms with Crippen LogP contribution >= 0.6 is 0 Å². The highest BCUT2D eigenvalue weighted by molar-refractivity contribution is 6.27. The van der Waals surface area contributed by atoms with Gasteiger partial charge in [-0.3, -0.25) is 19.4 Å². The van der Waals surface area contributed by atoms with E-state index < -0.39 is 23.6 Å². The lowest BCUT2D eigenvalue weighted by Crippen LogP contribution is -2.49. The van der Waals surface area contributed by atoms with Crippen molar-refractivity contribution in [2.45, 2.75) is 18.9 Å². The first-order chi connectivity index (χ1) is 19.3. The van der Waals surface area contributed by atoms with E-state index in [0.29, 0.717) is 41.1 Å². The highest BCUT2D eigenvalue weighted by Gasteiger charge is 2.28. The van der Waals surface area contributed by atoms with Crippen molar-refractivity contribution in [2.75, 3.05) is 29.9 Å². The smallest absolute Gasteiger partial charge is 0.251 e. The van der Waals surface area contributed by atoms with E-state index >= 15 is 0 Å². The van der Waals surface area contributed by atoms with Crippen LogP contribution in [0, 0.1) is 11.6 Å². The number of para-hydroxylation sites is 2. The summed E-state index contributed by atoms with van der Waals surface area (Å²) in [6.07, 6.45) is 2.74. The zero-order valence-electron chi connectivity index (χ0n) is 21.5. The van der Waals surface area contributed by atoms with Gasteiger partial charge in [0.2, 0.25) is 11.8 Å². The van der Waals surface area contributed by atoms with Gasteiger partial charge in [-0.05, 0) is 60.4 Å². The van der Waals surface area contributed by atoms with Crippen LogP contribution in [0.15, 0.2) is 77.8 Å². The predicted molar refractivity (Wildman–Crippen MR) is 149 cm³/mol.